The minimum absolute atomic E-state index is 0.0126. The van der Waals surface area contributed by atoms with Gasteiger partial charge in [-0.05, 0) is 25.0 Å². The van der Waals surface area contributed by atoms with E-state index in [1.54, 1.807) is 4.90 Å². The lowest BCUT2D eigenvalue weighted by atomic mass is 10.1. The molecule has 0 bridgehead atoms. The van der Waals surface area contributed by atoms with Crippen LogP contribution >= 0.6 is 0 Å². The van der Waals surface area contributed by atoms with Crippen molar-refractivity contribution in [2.45, 2.75) is 18.9 Å². The molecule has 1 aromatic rings. The second kappa shape index (κ2) is 4.63. The molecule has 1 heterocycles. The number of nitrogens with two attached hydrogens (primary N) is 1. The number of nitrogens with zero attached hydrogens (tertiary/aromatic N) is 1. The summed E-state index contributed by atoms with van der Waals surface area (Å²) in [7, 11) is 0. The molecule has 1 aliphatic rings. The Morgan fingerprint density at radius 3 is 2.53 bits per heavy atom. The average Bonchev–Trinajstić information content (AvgIpc) is 2.26. The SMILES string of the molecule is N[C@@H]1CCCN(C(=O)c2cc(O)cc(O)c2)C1. The summed E-state index contributed by atoms with van der Waals surface area (Å²) in [5.41, 5.74) is 6.10. The fourth-order valence-electron chi connectivity index (χ4n) is 2.10. The van der Waals surface area contributed by atoms with E-state index in [-0.39, 0.29) is 29.0 Å². The smallest absolute Gasteiger partial charge is 0.254 e. The summed E-state index contributed by atoms with van der Waals surface area (Å²) in [6.45, 7) is 1.19. The molecular weight excluding hydrogens is 220 g/mol. The first-order valence-electron chi connectivity index (χ1n) is 5.64. The number of carbonyl (C=O) groups excluding carboxylic acids is 1. The molecule has 2 rings (SSSR count). The van der Waals surface area contributed by atoms with Crippen LogP contribution in [0.5, 0.6) is 11.5 Å². The minimum atomic E-state index is -0.202. The molecule has 0 aromatic heterocycles. The van der Waals surface area contributed by atoms with Crippen LogP contribution in [-0.2, 0) is 0 Å². The van der Waals surface area contributed by atoms with Crippen LogP contribution in [0.15, 0.2) is 18.2 Å². The summed E-state index contributed by atoms with van der Waals surface area (Å²) in [6, 6.07) is 3.90. The van der Waals surface area contributed by atoms with Crippen molar-refractivity contribution in [2.75, 3.05) is 13.1 Å². The maximum absolute atomic E-state index is 12.1. The Morgan fingerprint density at radius 1 is 1.29 bits per heavy atom. The monoisotopic (exact) mass is 236 g/mol. The van der Waals surface area contributed by atoms with Crippen LogP contribution in [0, 0.1) is 0 Å². The molecule has 5 nitrogen and oxygen atoms in total. The van der Waals surface area contributed by atoms with Crippen LogP contribution in [0.1, 0.15) is 23.2 Å². The summed E-state index contributed by atoms with van der Waals surface area (Å²) >= 11 is 0. The van der Waals surface area contributed by atoms with Gasteiger partial charge in [0.2, 0.25) is 0 Å². The molecule has 0 radical (unpaired) electrons. The normalized spacial score (nSPS) is 20.3. The molecule has 92 valence electrons. The van der Waals surface area contributed by atoms with Gasteiger partial charge >= 0.3 is 0 Å². The maximum Gasteiger partial charge on any atom is 0.254 e. The highest BCUT2D eigenvalue weighted by Gasteiger charge is 2.22. The Hall–Kier alpha value is -1.75. The number of rotatable bonds is 1. The van der Waals surface area contributed by atoms with Gasteiger partial charge in [-0.25, -0.2) is 0 Å². The molecule has 0 unspecified atom stereocenters. The number of piperidine rings is 1. The third-order valence-corrected chi connectivity index (χ3v) is 2.89. The van der Waals surface area contributed by atoms with E-state index >= 15 is 0 Å². The van der Waals surface area contributed by atoms with Crippen LogP contribution in [-0.4, -0.2) is 40.2 Å². The van der Waals surface area contributed by atoms with E-state index in [0.29, 0.717) is 13.1 Å². The van der Waals surface area contributed by atoms with Gasteiger partial charge in [-0.2, -0.15) is 0 Å². The number of aromatic hydroxyl groups is 2. The molecule has 1 saturated heterocycles. The lowest BCUT2D eigenvalue weighted by Gasteiger charge is -2.30. The summed E-state index contributed by atoms with van der Waals surface area (Å²) < 4.78 is 0. The van der Waals surface area contributed by atoms with Gasteiger partial charge in [0.15, 0.2) is 0 Å². The Labute approximate surface area is 99.5 Å². The quantitative estimate of drug-likeness (QED) is 0.668. The Bertz CT molecular complexity index is 414. The highest BCUT2D eigenvalue weighted by molar-refractivity contribution is 5.95. The van der Waals surface area contributed by atoms with Gasteiger partial charge < -0.3 is 20.8 Å². The zero-order valence-corrected chi connectivity index (χ0v) is 9.47. The third kappa shape index (κ3) is 2.68. The number of benzene rings is 1. The van der Waals surface area contributed by atoms with E-state index in [9.17, 15) is 15.0 Å². The van der Waals surface area contributed by atoms with E-state index in [0.717, 1.165) is 12.8 Å². The van der Waals surface area contributed by atoms with Gasteiger partial charge in [0.05, 0.1) is 0 Å². The zero-order chi connectivity index (χ0) is 12.4. The van der Waals surface area contributed by atoms with Gasteiger partial charge in [-0.15, -0.1) is 0 Å². The van der Waals surface area contributed by atoms with Crippen molar-refractivity contribution in [3.8, 4) is 11.5 Å². The van der Waals surface area contributed by atoms with Crippen molar-refractivity contribution in [3.63, 3.8) is 0 Å². The van der Waals surface area contributed by atoms with E-state index < -0.39 is 0 Å². The van der Waals surface area contributed by atoms with Crippen molar-refractivity contribution in [1.29, 1.82) is 0 Å². The van der Waals surface area contributed by atoms with E-state index in [1.165, 1.54) is 18.2 Å². The Balaban J connectivity index is 2.18. The molecule has 17 heavy (non-hydrogen) atoms. The van der Waals surface area contributed by atoms with Crippen LogP contribution in [0.2, 0.25) is 0 Å². The van der Waals surface area contributed by atoms with Crippen LogP contribution in [0.4, 0.5) is 0 Å². The molecule has 0 aliphatic carbocycles. The van der Waals surface area contributed by atoms with Crippen molar-refractivity contribution in [2.24, 2.45) is 5.73 Å². The number of amides is 1. The summed E-state index contributed by atoms with van der Waals surface area (Å²) in [4.78, 5) is 13.8. The number of phenolic OH excluding ortho intramolecular Hbond substituents is 2. The van der Waals surface area contributed by atoms with Gasteiger partial charge in [0.1, 0.15) is 11.5 Å². The molecular formula is C12H16N2O3. The lowest BCUT2D eigenvalue weighted by Crippen LogP contribution is -2.45. The van der Waals surface area contributed by atoms with Gasteiger partial charge in [0.25, 0.3) is 5.91 Å². The lowest BCUT2D eigenvalue weighted by molar-refractivity contribution is 0.0708. The molecule has 1 aliphatic heterocycles. The van der Waals surface area contributed by atoms with E-state index in [1.807, 2.05) is 0 Å². The number of likely N-dealkylation sites (tertiary alicyclic amines) is 1. The number of hydrogen-bond donors (Lipinski definition) is 3. The van der Waals surface area contributed by atoms with Crippen LogP contribution < -0.4 is 5.73 Å². The fourth-order valence-corrected chi connectivity index (χ4v) is 2.10. The number of phenols is 2. The predicted octanol–water partition coefficient (Wildman–Crippen LogP) is 0.661. The van der Waals surface area contributed by atoms with Crippen LogP contribution in [0.3, 0.4) is 0 Å². The molecule has 1 amide bonds. The Morgan fingerprint density at radius 2 is 1.94 bits per heavy atom. The van der Waals surface area contributed by atoms with Crippen molar-refractivity contribution < 1.29 is 15.0 Å². The van der Waals surface area contributed by atoms with Crippen molar-refractivity contribution >= 4 is 5.91 Å². The van der Waals surface area contributed by atoms with Gasteiger partial charge in [-0.1, -0.05) is 0 Å². The summed E-state index contributed by atoms with van der Waals surface area (Å²) in [5.74, 6) is -0.435. The summed E-state index contributed by atoms with van der Waals surface area (Å²) in [6.07, 6.45) is 1.81. The molecule has 0 saturated carbocycles. The topological polar surface area (TPSA) is 86.8 Å². The standard InChI is InChI=1S/C12H16N2O3/c13-9-2-1-3-14(7-9)12(17)8-4-10(15)6-11(16)5-8/h4-6,9,15-16H,1-3,7,13H2/t9-/m1/s1. The molecule has 4 N–H and O–H groups in total. The van der Waals surface area contributed by atoms with E-state index in [2.05, 4.69) is 0 Å². The molecule has 1 aromatic carbocycles. The summed E-state index contributed by atoms with van der Waals surface area (Å²) in [5, 5.41) is 18.7. The molecule has 1 fully saturated rings. The second-order valence-corrected chi connectivity index (χ2v) is 4.39. The first-order valence-corrected chi connectivity index (χ1v) is 5.64. The third-order valence-electron chi connectivity index (χ3n) is 2.89. The van der Waals surface area contributed by atoms with Gasteiger partial charge in [-0.3, -0.25) is 4.79 Å². The Kier molecular flexibility index (Phi) is 3.19. The van der Waals surface area contributed by atoms with Crippen molar-refractivity contribution in [1.82, 2.24) is 4.90 Å². The number of hydrogen-bond acceptors (Lipinski definition) is 4. The largest absolute Gasteiger partial charge is 0.508 e. The molecule has 5 heteroatoms. The van der Waals surface area contributed by atoms with Crippen LogP contribution in [0.25, 0.3) is 0 Å². The van der Waals surface area contributed by atoms with E-state index in [4.69, 9.17) is 5.73 Å². The molecule has 1 atom stereocenters. The number of carbonyl (C=O) groups is 1. The maximum atomic E-state index is 12.1. The van der Waals surface area contributed by atoms with Crippen molar-refractivity contribution in [3.05, 3.63) is 23.8 Å². The highest BCUT2D eigenvalue weighted by Crippen LogP contribution is 2.22. The second-order valence-electron chi connectivity index (χ2n) is 4.39. The fraction of sp³-hybridized carbons (Fsp3) is 0.417. The zero-order valence-electron chi connectivity index (χ0n) is 9.47. The average molecular weight is 236 g/mol. The van der Waals surface area contributed by atoms with Gasteiger partial charge in [0, 0.05) is 30.8 Å². The predicted molar refractivity (Wildman–Crippen MR) is 62.9 cm³/mol. The minimum Gasteiger partial charge on any atom is -0.508 e. The highest BCUT2D eigenvalue weighted by atomic mass is 16.3. The molecule has 0 spiro atoms. The first kappa shape index (κ1) is 11.7. The first-order chi connectivity index (χ1) is 8.06.